The van der Waals surface area contributed by atoms with E-state index in [0.717, 1.165) is 5.92 Å². The van der Waals surface area contributed by atoms with Gasteiger partial charge >= 0.3 is 0 Å². The molecule has 1 rings (SSSR count). The van der Waals surface area contributed by atoms with E-state index in [-0.39, 0.29) is 0 Å². The molecule has 1 saturated carbocycles. The Morgan fingerprint density at radius 1 is 1.38 bits per heavy atom. The molecule has 0 radical (unpaired) electrons. The fourth-order valence-corrected chi connectivity index (χ4v) is 1.92. The predicted octanol–water partition coefficient (Wildman–Crippen LogP) is 4.26. The van der Waals surface area contributed by atoms with Crippen molar-refractivity contribution in [2.45, 2.75) is 40.0 Å². The Labute approximate surface area is 82.0 Å². The third-order valence-corrected chi connectivity index (χ3v) is 3.00. The fourth-order valence-electron chi connectivity index (χ4n) is 1.92. The molecule has 0 aromatic rings. The molecule has 0 heterocycles. The largest absolute Gasteiger partial charge is 0.0958 e. The van der Waals surface area contributed by atoms with Gasteiger partial charge in [0.15, 0.2) is 0 Å². The molecule has 0 spiro atoms. The smallest absolute Gasteiger partial charge is 0.0256 e. The quantitative estimate of drug-likeness (QED) is 0.560. The van der Waals surface area contributed by atoms with Crippen LogP contribution < -0.4 is 0 Å². The molecule has 0 nitrogen and oxygen atoms in total. The molecule has 0 aromatic heterocycles. The van der Waals surface area contributed by atoms with Crippen molar-refractivity contribution in [3.8, 4) is 0 Å². The third-order valence-electron chi connectivity index (χ3n) is 3.00. The van der Waals surface area contributed by atoms with E-state index in [4.69, 9.17) is 0 Å². The average Bonchev–Trinajstić information content (AvgIpc) is 2.03. The van der Waals surface area contributed by atoms with Crippen LogP contribution in [0.4, 0.5) is 0 Å². The maximum atomic E-state index is 4.15. The van der Waals surface area contributed by atoms with Gasteiger partial charge < -0.3 is 0 Å². The molecular formula is C13H20. The van der Waals surface area contributed by atoms with Crippen molar-refractivity contribution in [1.82, 2.24) is 0 Å². The number of allylic oxidation sites excluding steroid dienone is 4. The van der Waals surface area contributed by atoms with E-state index >= 15 is 0 Å². The molecule has 1 unspecified atom stereocenters. The van der Waals surface area contributed by atoms with Crippen molar-refractivity contribution in [3.05, 3.63) is 35.5 Å². The minimum atomic E-state index is 0.814. The summed E-state index contributed by atoms with van der Waals surface area (Å²) in [5.41, 5.74) is 5.34. The van der Waals surface area contributed by atoms with Gasteiger partial charge in [-0.15, -0.1) is 0 Å². The van der Waals surface area contributed by atoms with Gasteiger partial charge in [-0.05, 0) is 50.2 Å². The van der Waals surface area contributed by atoms with Gasteiger partial charge in [0.1, 0.15) is 0 Å². The minimum absolute atomic E-state index is 0.814. The van der Waals surface area contributed by atoms with Crippen molar-refractivity contribution < 1.29 is 0 Å². The summed E-state index contributed by atoms with van der Waals surface area (Å²) < 4.78 is 0. The van der Waals surface area contributed by atoms with E-state index in [2.05, 4.69) is 33.9 Å². The van der Waals surface area contributed by atoms with Crippen LogP contribution in [0.1, 0.15) is 40.0 Å². The molecule has 1 fully saturated rings. The zero-order chi connectivity index (χ0) is 10.0. The van der Waals surface area contributed by atoms with E-state index in [1.54, 1.807) is 0 Å². The molecule has 0 amide bonds. The first-order valence-electron chi connectivity index (χ1n) is 5.06. The Bertz CT molecular complexity index is 266. The summed E-state index contributed by atoms with van der Waals surface area (Å²) in [5.74, 6) is 0.814. The number of hydrogen-bond donors (Lipinski definition) is 0. The second-order valence-corrected chi connectivity index (χ2v) is 4.34. The summed E-state index contributed by atoms with van der Waals surface area (Å²) in [6, 6.07) is 0. The second-order valence-electron chi connectivity index (χ2n) is 4.34. The first kappa shape index (κ1) is 10.3. The van der Waals surface area contributed by atoms with Gasteiger partial charge in [0.2, 0.25) is 0 Å². The molecule has 0 saturated heterocycles. The average molecular weight is 176 g/mol. The van der Waals surface area contributed by atoms with Gasteiger partial charge in [-0.3, -0.25) is 0 Å². The molecule has 72 valence electrons. The summed E-state index contributed by atoms with van der Waals surface area (Å²) in [5, 5.41) is 0. The molecule has 1 atom stereocenters. The highest BCUT2D eigenvalue weighted by atomic mass is 14.2. The molecule has 0 bridgehead atoms. The fraction of sp³-hybridized carbons (Fsp3) is 0.538. The Hall–Kier alpha value is -0.780. The SMILES string of the molecule is C=C(C)/C(C)=C1\CCC(C)CC1=C. The van der Waals surface area contributed by atoms with Crippen molar-refractivity contribution in [2.24, 2.45) is 5.92 Å². The zero-order valence-corrected chi connectivity index (χ0v) is 9.11. The minimum Gasteiger partial charge on any atom is -0.0958 e. The van der Waals surface area contributed by atoms with Crippen LogP contribution in [0.15, 0.2) is 35.5 Å². The van der Waals surface area contributed by atoms with E-state index in [1.807, 2.05) is 0 Å². The van der Waals surface area contributed by atoms with E-state index in [9.17, 15) is 0 Å². The number of rotatable bonds is 1. The van der Waals surface area contributed by atoms with Crippen molar-refractivity contribution >= 4 is 0 Å². The lowest BCUT2D eigenvalue weighted by molar-refractivity contribution is 0.497. The molecule has 0 aromatic carbocycles. The standard InChI is InChI=1S/C13H20/c1-9(2)12(5)13-7-6-10(3)8-11(13)4/h10H,1,4,6-8H2,2-3,5H3/b13-12+. The lowest BCUT2D eigenvalue weighted by Crippen LogP contribution is -2.08. The van der Waals surface area contributed by atoms with Crippen molar-refractivity contribution in [2.75, 3.05) is 0 Å². The van der Waals surface area contributed by atoms with Crippen LogP contribution in [0.2, 0.25) is 0 Å². The third kappa shape index (κ3) is 2.33. The molecule has 1 aliphatic carbocycles. The molecule has 0 heteroatoms. The van der Waals surface area contributed by atoms with Crippen LogP contribution >= 0.6 is 0 Å². The maximum absolute atomic E-state index is 4.15. The Balaban J connectivity index is 2.88. The van der Waals surface area contributed by atoms with E-state index < -0.39 is 0 Å². The van der Waals surface area contributed by atoms with Crippen molar-refractivity contribution in [1.29, 1.82) is 0 Å². The van der Waals surface area contributed by atoms with Gasteiger partial charge in [-0.25, -0.2) is 0 Å². The maximum Gasteiger partial charge on any atom is -0.0256 e. The van der Waals surface area contributed by atoms with Gasteiger partial charge in [-0.2, -0.15) is 0 Å². The van der Waals surface area contributed by atoms with Crippen LogP contribution in [0.3, 0.4) is 0 Å². The van der Waals surface area contributed by atoms with E-state index in [1.165, 1.54) is 41.6 Å². The van der Waals surface area contributed by atoms with Crippen LogP contribution in [-0.2, 0) is 0 Å². The highest BCUT2D eigenvalue weighted by molar-refractivity contribution is 5.42. The summed E-state index contributed by atoms with van der Waals surface area (Å²) in [6.45, 7) is 14.7. The zero-order valence-electron chi connectivity index (χ0n) is 9.11. The summed E-state index contributed by atoms with van der Waals surface area (Å²) in [7, 11) is 0. The van der Waals surface area contributed by atoms with Crippen LogP contribution in [0.5, 0.6) is 0 Å². The topological polar surface area (TPSA) is 0 Å². The Morgan fingerprint density at radius 2 is 2.00 bits per heavy atom. The predicted molar refractivity (Wildman–Crippen MR) is 59.7 cm³/mol. The monoisotopic (exact) mass is 176 g/mol. The molecular weight excluding hydrogens is 156 g/mol. The summed E-state index contributed by atoms with van der Waals surface area (Å²) in [4.78, 5) is 0. The summed E-state index contributed by atoms with van der Waals surface area (Å²) in [6.07, 6.45) is 3.66. The second kappa shape index (κ2) is 3.95. The highest BCUT2D eigenvalue weighted by Gasteiger charge is 2.17. The molecule has 1 aliphatic rings. The first-order valence-corrected chi connectivity index (χ1v) is 5.06. The van der Waals surface area contributed by atoms with E-state index in [0.29, 0.717) is 0 Å². The van der Waals surface area contributed by atoms with Crippen molar-refractivity contribution in [3.63, 3.8) is 0 Å². The Kier molecular flexibility index (Phi) is 3.13. The first-order chi connectivity index (χ1) is 6.02. The van der Waals surface area contributed by atoms with Gasteiger partial charge in [-0.1, -0.05) is 31.2 Å². The lowest BCUT2D eigenvalue weighted by Gasteiger charge is -2.25. The normalized spacial score (nSPS) is 27.3. The highest BCUT2D eigenvalue weighted by Crippen LogP contribution is 2.34. The van der Waals surface area contributed by atoms with Crippen LogP contribution in [0.25, 0.3) is 0 Å². The number of hydrogen-bond acceptors (Lipinski definition) is 0. The molecule has 0 aliphatic heterocycles. The lowest BCUT2D eigenvalue weighted by atomic mass is 9.81. The van der Waals surface area contributed by atoms with Gasteiger partial charge in [0.05, 0.1) is 0 Å². The molecule has 13 heavy (non-hydrogen) atoms. The van der Waals surface area contributed by atoms with Gasteiger partial charge in [0.25, 0.3) is 0 Å². The Morgan fingerprint density at radius 3 is 2.46 bits per heavy atom. The van der Waals surface area contributed by atoms with Crippen LogP contribution in [-0.4, -0.2) is 0 Å². The van der Waals surface area contributed by atoms with Crippen LogP contribution in [0, 0.1) is 5.92 Å². The van der Waals surface area contributed by atoms with Gasteiger partial charge in [0, 0.05) is 0 Å². The summed E-state index contributed by atoms with van der Waals surface area (Å²) >= 11 is 0. The molecule has 0 N–H and O–H groups in total.